The van der Waals surface area contributed by atoms with Gasteiger partial charge in [0.15, 0.2) is 5.78 Å². The van der Waals surface area contributed by atoms with Crippen molar-refractivity contribution in [3.05, 3.63) is 58.9 Å². The number of aromatic amines is 1. The third-order valence-corrected chi connectivity index (χ3v) is 3.49. The van der Waals surface area contributed by atoms with E-state index in [2.05, 4.69) is 22.0 Å². The first-order valence-electron chi connectivity index (χ1n) is 6.98. The van der Waals surface area contributed by atoms with Gasteiger partial charge < -0.3 is 4.98 Å². The topological polar surface area (TPSA) is 36.1 Å². The number of nitrogens with zero attached hydrogens (tertiary/aromatic N) is 1. The minimum atomic E-state index is 0.183. The van der Waals surface area contributed by atoms with E-state index in [0.29, 0.717) is 6.54 Å². The van der Waals surface area contributed by atoms with Crippen LogP contribution in [-0.2, 0) is 6.42 Å². The molecular weight excluding hydrogens is 248 g/mol. The van der Waals surface area contributed by atoms with E-state index < -0.39 is 0 Å². The molecule has 0 radical (unpaired) electrons. The first-order chi connectivity index (χ1) is 9.56. The van der Waals surface area contributed by atoms with Gasteiger partial charge in [-0.1, -0.05) is 30.3 Å². The molecule has 0 bridgehead atoms. The molecule has 0 saturated heterocycles. The zero-order chi connectivity index (χ0) is 14.5. The highest BCUT2D eigenvalue weighted by atomic mass is 16.1. The van der Waals surface area contributed by atoms with Gasteiger partial charge in [0, 0.05) is 23.5 Å². The lowest BCUT2D eigenvalue weighted by Gasteiger charge is -2.15. The van der Waals surface area contributed by atoms with Crippen molar-refractivity contribution in [1.29, 1.82) is 0 Å². The van der Waals surface area contributed by atoms with Crippen LogP contribution in [0.1, 0.15) is 27.3 Å². The normalized spacial score (nSPS) is 11.0. The fraction of sp³-hybridized carbons (Fsp3) is 0.353. The summed E-state index contributed by atoms with van der Waals surface area (Å²) in [4.78, 5) is 17.5. The predicted octanol–water partition coefficient (Wildman–Crippen LogP) is 2.99. The lowest BCUT2D eigenvalue weighted by molar-refractivity contribution is 0.0946. The van der Waals surface area contributed by atoms with Gasteiger partial charge in [-0.2, -0.15) is 0 Å². The van der Waals surface area contributed by atoms with Crippen molar-refractivity contribution in [2.75, 3.05) is 20.1 Å². The van der Waals surface area contributed by atoms with Crippen LogP contribution in [0.3, 0.4) is 0 Å². The first kappa shape index (κ1) is 14.5. The van der Waals surface area contributed by atoms with Crippen LogP contribution >= 0.6 is 0 Å². The van der Waals surface area contributed by atoms with Gasteiger partial charge in [0.25, 0.3) is 0 Å². The maximum absolute atomic E-state index is 12.2. The number of likely N-dealkylation sites (N-methyl/N-ethyl adjacent to an activating group) is 1. The Morgan fingerprint density at radius 3 is 2.50 bits per heavy atom. The summed E-state index contributed by atoms with van der Waals surface area (Å²) >= 11 is 0. The average molecular weight is 270 g/mol. The van der Waals surface area contributed by atoms with Crippen molar-refractivity contribution >= 4 is 5.78 Å². The van der Waals surface area contributed by atoms with E-state index in [1.165, 1.54) is 5.56 Å². The Labute approximate surface area is 120 Å². The molecule has 20 heavy (non-hydrogen) atoms. The van der Waals surface area contributed by atoms with Crippen molar-refractivity contribution in [1.82, 2.24) is 9.88 Å². The van der Waals surface area contributed by atoms with E-state index in [9.17, 15) is 4.79 Å². The summed E-state index contributed by atoms with van der Waals surface area (Å²) in [6.07, 6.45) is 0.968. The molecule has 0 fully saturated rings. The molecule has 2 aromatic rings. The van der Waals surface area contributed by atoms with E-state index in [1.54, 1.807) is 0 Å². The van der Waals surface area contributed by atoms with Crippen LogP contribution in [0.25, 0.3) is 0 Å². The van der Waals surface area contributed by atoms with E-state index in [-0.39, 0.29) is 5.78 Å². The van der Waals surface area contributed by atoms with Gasteiger partial charge in [-0.3, -0.25) is 9.69 Å². The van der Waals surface area contributed by atoms with Gasteiger partial charge >= 0.3 is 0 Å². The van der Waals surface area contributed by atoms with E-state index >= 15 is 0 Å². The Hall–Kier alpha value is -1.87. The van der Waals surface area contributed by atoms with Crippen molar-refractivity contribution in [3.8, 4) is 0 Å². The molecule has 0 aliphatic carbocycles. The van der Waals surface area contributed by atoms with Crippen LogP contribution in [0.2, 0.25) is 0 Å². The van der Waals surface area contributed by atoms with Crippen molar-refractivity contribution < 1.29 is 4.79 Å². The summed E-state index contributed by atoms with van der Waals surface area (Å²) in [6.45, 7) is 5.27. The van der Waals surface area contributed by atoms with Crippen LogP contribution in [-0.4, -0.2) is 35.8 Å². The van der Waals surface area contributed by atoms with Crippen LogP contribution in [0.4, 0.5) is 0 Å². The molecular formula is C17H22N2O. The standard InChI is InChI=1S/C17H22N2O/c1-13-11-16(14(2)18-13)17(20)12-19(3)10-9-15-7-5-4-6-8-15/h4-8,11,18H,9-10,12H2,1-3H3. The number of H-pyrrole nitrogens is 1. The van der Waals surface area contributed by atoms with Gasteiger partial charge in [-0.15, -0.1) is 0 Å². The lowest BCUT2D eigenvalue weighted by Crippen LogP contribution is -2.28. The van der Waals surface area contributed by atoms with E-state index in [0.717, 1.165) is 29.9 Å². The summed E-state index contributed by atoms with van der Waals surface area (Å²) in [5, 5.41) is 0. The quantitative estimate of drug-likeness (QED) is 0.819. The highest BCUT2D eigenvalue weighted by Gasteiger charge is 2.13. The zero-order valence-electron chi connectivity index (χ0n) is 12.4. The molecule has 106 valence electrons. The molecule has 3 heteroatoms. The van der Waals surface area contributed by atoms with Gasteiger partial charge in [-0.25, -0.2) is 0 Å². The molecule has 1 N–H and O–H groups in total. The number of aromatic nitrogens is 1. The summed E-state index contributed by atoms with van der Waals surface area (Å²) in [7, 11) is 2.00. The van der Waals surface area contributed by atoms with Gasteiger partial charge in [0.2, 0.25) is 0 Å². The molecule has 0 aliphatic rings. The minimum absolute atomic E-state index is 0.183. The van der Waals surface area contributed by atoms with Gasteiger partial charge in [-0.05, 0) is 38.9 Å². The molecule has 0 saturated carbocycles. The number of Topliss-reactive ketones (excluding diaryl/α,β-unsaturated/α-hetero) is 1. The van der Waals surface area contributed by atoms with Crippen molar-refractivity contribution in [3.63, 3.8) is 0 Å². The molecule has 3 nitrogen and oxygen atoms in total. The third kappa shape index (κ3) is 3.81. The number of rotatable bonds is 6. The fourth-order valence-electron chi connectivity index (χ4n) is 2.39. The Bertz CT molecular complexity index is 572. The Morgan fingerprint density at radius 2 is 1.90 bits per heavy atom. The largest absolute Gasteiger partial charge is 0.362 e. The van der Waals surface area contributed by atoms with Crippen molar-refractivity contribution in [2.45, 2.75) is 20.3 Å². The van der Waals surface area contributed by atoms with Crippen molar-refractivity contribution in [2.24, 2.45) is 0 Å². The number of hydrogen-bond acceptors (Lipinski definition) is 2. The van der Waals surface area contributed by atoms with E-state index in [1.807, 2.05) is 45.2 Å². The third-order valence-electron chi connectivity index (χ3n) is 3.49. The first-order valence-corrected chi connectivity index (χ1v) is 6.98. The Balaban J connectivity index is 1.87. The molecule has 1 aromatic carbocycles. The number of carbonyl (C=O) groups excluding carboxylic acids is 1. The number of hydrogen-bond donors (Lipinski definition) is 1. The monoisotopic (exact) mass is 270 g/mol. The fourth-order valence-corrected chi connectivity index (χ4v) is 2.39. The molecule has 0 unspecified atom stereocenters. The summed E-state index contributed by atoms with van der Waals surface area (Å²) in [5.74, 6) is 0.183. The van der Waals surface area contributed by atoms with Gasteiger partial charge in [0.1, 0.15) is 0 Å². The molecule has 0 amide bonds. The number of ketones is 1. The molecule has 0 spiro atoms. The number of benzene rings is 1. The highest BCUT2D eigenvalue weighted by Crippen LogP contribution is 2.10. The average Bonchev–Trinajstić information content (AvgIpc) is 2.77. The van der Waals surface area contributed by atoms with E-state index in [4.69, 9.17) is 0 Å². The number of aryl methyl sites for hydroxylation is 2. The van der Waals surface area contributed by atoms with Crippen LogP contribution < -0.4 is 0 Å². The molecule has 0 atom stereocenters. The second-order valence-electron chi connectivity index (χ2n) is 5.39. The molecule has 1 aromatic heterocycles. The summed E-state index contributed by atoms with van der Waals surface area (Å²) in [5.41, 5.74) is 4.12. The summed E-state index contributed by atoms with van der Waals surface area (Å²) in [6, 6.07) is 12.3. The molecule has 0 aliphatic heterocycles. The molecule has 2 rings (SSSR count). The predicted molar refractivity (Wildman–Crippen MR) is 82.2 cm³/mol. The second-order valence-corrected chi connectivity index (χ2v) is 5.39. The van der Waals surface area contributed by atoms with Gasteiger partial charge in [0.05, 0.1) is 6.54 Å². The minimum Gasteiger partial charge on any atom is -0.362 e. The lowest BCUT2D eigenvalue weighted by atomic mass is 10.1. The Morgan fingerprint density at radius 1 is 1.20 bits per heavy atom. The second kappa shape index (κ2) is 6.53. The number of nitrogens with one attached hydrogen (secondary N) is 1. The SMILES string of the molecule is Cc1cc(C(=O)CN(C)CCc2ccccc2)c(C)[nH]1. The maximum atomic E-state index is 12.2. The van der Waals surface area contributed by atoms with Crippen LogP contribution in [0, 0.1) is 13.8 Å². The number of carbonyl (C=O) groups is 1. The zero-order valence-corrected chi connectivity index (χ0v) is 12.4. The smallest absolute Gasteiger partial charge is 0.178 e. The Kier molecular flexibility index (Phi) is 4.74. The summed E-state index contributed by atoms with van der Waals surface area (Å²) < 4.78 is 0. The maximum Gasteiger partial charge on any atom is 0.178 e. The van der Waals surface area contributed by atoms with Crippen LogP contribution in [0.5, 0.6) is 0 Å². The molecule has 1 heterocycles. The van der Waals surface area contributed by atoms with Crippen LogP contribution in [0.15, 0.2) is 36.4 Å². The highest BCUT2D eigenvalue weighted by molar-refractivity contribution is 5.98.